The van der Waals surface area contributed by atoms with Crippen LogP contribution in [-0.2, 0) is 0 Å². The molecule has 0 aliphatic heterocycles. The molecule has 1 aromatic heterocycles. The highest BCUT2D eigenvalue weighted by molar-refractivity contribution is 5.59. The van der Waals surface area contributed by atoms with Crippen LogP contribution in [0.3, 0.4) is 0 Å². The molecule has 1 aromatic carbocycles. The third-order valence-corrected chi connectivity index (χ3v) is 2.73. The fraction of sp³-hybridized carbons (Fsp3) is 0.286. The Labute approximate surface area is 107 Å². The van der Waals surface area contributed by atoms with Crippen LogP contribution < -0.4 is 10.1 Å². The number of nitrogens with zero attached hydrogens (tertiary/aromatic N) is 2. The lowest BCUT2D eigenvalue weighted by atomic mass is 10.1. The first kappa shape index (κ1) is 12.5. The number of aryl methyl sites for hydroxylation is 1. The smallest absolute Gasteiger partial charge is 0.159 e. The van der Waals surface area contributed by atoms with Gasteiger partial charge in [-0.1, -0.05) is 24.3 Å². The van der Waals surface area contributed by atoms with Crippen LogP contribution in [0.1, 0.15) is 12.5 Å². The predicted molar refractivity (Wildman–Crippen MR) is 71.4 cm³/mol. The summed E-state index contributed by atoms with van der Waals surface area (Å²) in [6.45, 7) is 3.97. The molecule has 1 atom stereocenters. The predicted octanol–water partition coefficient (Wildman–Crippen LogP) is 2.40. The quantitative estimate of drug-likeness (QED) is 0.838. The van der Waals surface area contributed by atoms with Gasteiger partial charge in [0.1, 0.15) is 6.23 Å². The Morgan fingerprint density at radius 2 is 1.83 bits per heavy atom. The minimum atomic E-state index is -0.0575. The number of ether oxygens (including phenoxy) is 1. The maximum atomic E-state index is 5.55. The second-order valence-electron chi connectivity index (χ2n) is 4.11. The summed E-state index contributed by atoms with van der Waals surface area (Å²) in [7, 11) is 1.84. The van der Waals surface area contributed by atoms with Crippen molar-refractivity contribution in [2.24, 2.45) is 0 Å². The minimum Gasteiger partial charge on any atom is -0.472 e. The number of hydrogen-bond acceptors (Lipinski definition) is 4. The Morgan fingerprint density at radius 3 is 2.44 bits per heavy atom. The molecule has 4 nitrogen and oxygen atoms in total. The lowest BCUT2D eigenvalue weighted by Crippen LogP contribution is -2.27. The Bertz CT molecular complexity index is 511. The van der Waals surface area contributed by atoms with Crippen LogP contribution in [0.5, 0.6) is 5.75 Å². The number of hydrogen-bond donors (Lipinski definition) is 1. The minimum absolute atomic E-state index is 0.0575. The van der Waals surface area contributed by atoms with Gasteiger partial charge in [0.2, 0.25) is 0 Å². The van der Waals surface area contributed by atoms with Crippen molar-refractivity contribution in [3.8, 4) is 17.1 Å². The molecular weight excluding hydrogens is 226 g/mol. The van der Waals surface area contributed by atoms with Gasteiger partial charge in [-0.3, -0.25) is 5.32 Å². The van der Waals surface area contributed by atoms with E-state index in [-0.39, 0.29) is 6.23 Å². The Kier molecular flexibility index (Phi) is 3.89. The van der Waals surface area contributed by atoms with Gasteiger partial charge in [0.15, 0.2) is 11.6 Å². The molecule has 94 valence electrons. The summed E-state index contributed by atoms with van der Waals surface area (Å²) in [6, 6.07) is 8.05. The number of nitrogens with one attached hydrogen (secondary N) is 1. The molecule has 1 N–H and O–H groups in total. The van der Waals surface area contributed by atoms with Crippen molar-refractivity contribution in [2.75, 3.05) is 7.05 Å². The monoisotopic (exact) mass is 243 g/mol. The molecule has 0 fully saturated rings. The molecule has 0 bridgehead atoms. The van der Waals surface area contributed by atoms with E-state index in [1.165, 1.54) is 0 Å². The topological polar surface area (TPSA) is 47.0 Å². The second kappa shape index (κ2) is 5.60. The zero-order valence-electron chi connectivity index (χ0n) is 10.8. The maximum Gasteiger partial charge on any atom is 0.159 e. The average molecular weight is 243 g/mol. The summed E-state index contributed by atoms with van der Waals surface area (Å²) in [6.07, 6.45) is 3.34. The molecule has 1 unspecified atom stereocenters. The maximum absolute atomic E-state index is 5.55. The summed E-state index contributed by atoms with van der Waals surface area (Å²) in [4.78, 5) is 8.67. The highest BCUT2D eigenvalue weighted by Crippen LogP contribution is 2.20. The Balaban J connectivity index is 2.20. The van der Waals surface area contributed by atoms with Crippen LogP contribution in [0.2, 0.25) is 0 Å². The zero-order chi connectivity index (χ0) is 13.0. The van der Waals surface area contributed by atoms with Crippen molar-refractivity contribution < 1.29 is 4.74 Å². The molecule has 0 spiro atoms. The summed E-state index contributed by atoms with van der Waals surface area (Å²) in [5.41, 5.74) is 2.21. The van der Waals surface area contributed by atoms with Crippen molar-refractivity contribution in [3.63, 3.8) is 0 Å². The molecule has 4 heteroatoms. The third kappa shape index (κ3) is 2.84. The summed E-state index contributed by atoms with van der Waals surface area (Å²) >= 11 is 0. The van der Waals surface area contributed by atoms with Crippen LogP contribution in [0.15, 0.2) is 36.7 Å². The standard InChI is InChI=1S/C14H17N3O/c1-10-6-4-5-7-13(10)14-16-8-12(9-17-14)18-11(2)15-3/h4-9,11,15H,1-3H3. The molecule has 0 aliphatic rings. The third-order valence-electron chi connectivity index (χ3n) is 2.73. The van der Waals surface area contributed by atoms with E-state index in [9.17, 15) is 0 Å². The van der Waals surface area contributed by atoms with Gasteiger partial charge in [-0.15, -0.1) is 0 Å². The first-order valence-corrected chi connectivity index (χ1v) is 5.92. The Hall–Kier alpha value is -1.94. The van der Waals surface area contributed by atoms with Crippen LogP contribution in [0, 0.1) is 6.92 Å². The molecule has 2 rings (SSSR count). The first-order chi connectivity index (χ1) is 8.70. The average Bonchev–Trinajstić information content (AvgIpc) is 2.40. The van der Waals surface area contributed by atoms with Crippen molar-refractivity contribution >= 4 is 0 Å². The van der Waals surface area contributed by atoms with Crippen molar-refractivity contribution in [3.05, 3.63) is 42.2 Å². The highest BCUT2D eigenvalue weighted by Gasteiger charge is 2.05. The molecule has 2 aromatic rings. The van der Waals surface area contributed by atoms with Crippen LogP contribution >= 0.6 is 0 Å². The van der Waals surface area contributed by atoms with Gasteiger partial charge >= 0.3 is 0 Å². The van der Waals surface area contributed by atoms with Gasteiger partial charge in [-0.2, -0.15) is 0 Å². The zero-order valence-corrected chi connectivity index (χ0v) is 10.8. The van der Waals surface area contributed by atoms with E-state index in [1.54, 1.807) is 12.4 Å². The molecule has 0 radical (unpaired) electrons. The summed E-state index contributed by atoms with van der Waals surface area (Å²) < 4.78 is 5.55. The molecule has 0 saturated heterocycles. The lowest BCUT2D eigenvalue weighted by molar-refractivity contribution is 0.192. The van der Waals surface area contributed by atoms with E-state index in [4.69, 9.17) is 4.74 Å². The van der Waals surface area contributed by atoms with Crippen LogP contribution in [0.25, 0.3) is 11.4 Å². The van der Waals surface area contributed by atoms with E-state index in [0.29, 0.717) is 5.75 Å². The largest absolute Gasteiger partial charge is 0.472 e. The van der Waals surface area contributed by atoms with E-state index in [0.717, 1.165) is 17.0 Å². The molecule has 0 amide bonds. The SMILES string of the molecule is CNC(C)Oc1cnc(-c2ccccc2C)nc1. The fourth-order valence-corrected chi connectivity index (χ4v) is 1.60. The van der Waals surface area contributed by atoms with Gasteiger partial charge in [0.05, 0.1) is 12.4 Å². The highest BCUT2D eigenvalue weighted by atomic mass is 16.5. The summed E-state index contributed by atoms with van der Waals surface area (Å²) in [5.74, 6) is 1.38. The molecule has 18 heavy (non-hydrogen) atoms. The molecular formula is C14H17N3O. The second-order valence-corrected chi connectivity index (χ2v) is 4.11. The number of rotatable bonds is 4. The van der Waals surface area contributed by atoms with Crippen molar-refractivity contribution in [2.45, 2.75) is 20.1 Å². The van der Waals surface area contributed by atoms with E-state index >= 15 is 0 Å². The number of benzene rings is 1. The van der Waals surface area contributed by atoms with E-state index in [2.05, 4.69) is 15.3 Å². The van der Waals surface area contributed by atoms with E-state index < -0.39 is 0 Å². The van der Waals surface area contributed by atoms with E-state index in [1.807, 2.05) is 45.2 Å². The van der Waals surface area contributed by atoms with Gasteiger partial charge < -0.3 is 4.74 Å². The van der Waals surface area contributed by atoms with Gasteiger partial charge in [-0.05, 0) is 26.5 Å². The Morgan fingerprint density at radius 1 is 1.17 bits per heavy atom. The van der Waals surface area contributed by atoms with Crippen molar-refractivity contribution in [1.29, 1.82) is 0 Å². The van der Waals surface area contributed by atoms with Gasteiger partial charge in [-0.25, -0.2) is 9.97 Å². The van der Waals surface area contributed by atoms with Crippen LogP contribution in [0.4, 0.5) is 0 Å². The lowest BCUT2D eigenvalue weighted by Gasteiger charge is -2.12. The summed E-state index contributed by atoms with van der Waals surface area (Å²) in [5, 5.41) is 2.99. The fourth-order valence-electron chi connectivity index (χ4n) is 1.60. The first-order valence-electron chi connectivity index (χ1n) is 5.92. The van der Waals surface area contributed by atoms with Gasteiger partial charge in [0.25, 0.3) is 0 Å². The number of aromatic nitrogens is 2. The van der Waals surface area contributed by atoms with Gasteiger partial charge in [0, 0.05) is 5.56 Å². The molecule has 1 heterocycles. The molecule has 0 saturated carbocycles. The molecule has 0 aliphatic carbocycles. The normalized spacial score (nSPS) is 12.2. The van der Waals surface area contributed by atoms with Crippen LogP contribution in [-0.4, -0.2) is 23.2 Å². The van der Waals surface area contributed by atoms with Crippen molar-refractivity contribution in [1.82, 2.24) is 15.3 Å².